The molecule has 1 aliphatic rings. The van der Waals surface area contributed by atoms with Gasteiger partial charge in [0.2, 0.25) is 0 Å². The molecule has 0 saturated carbocycles. The summed E-state index contributed by atoms with van der Waals surface area (Å²) in [5.74, 6) is 0.874. The second-order valence-corrected chi connectivity index (χ2v) is 6.98. The average molecular weight is 448 g/mol. The molecule has 0 radical (unpaired) electrons. The summed E-state index contributed by atoms with van der Waals surface area (Å²) in [5.41, 5.74) is 1.39. The number of guanidine groups is 1. The molecule has 2 rings (SSSR count). The summed E-state index contributed by atoms with van der Waals surface area (Å²) >= 11 is 0. The molecule has 2 heterocycles. The van der Waals surface area contributed by atoms with E-state index in [1.54, 1.807) is 0 Å². The number of aliphatic imine (C=N–C) groups is 1. The Labute approximate surface area is 163 Å². The van der Waals surface area contributed by atoms with Crippen LogP contribution in [0.15, 0.2) is 17.4 Å². The lowest BCUT2D eigenvalue weighted by Crippen LogP contribution is -2.55. The lowest BCUT2D eigenvalue weighted by atomic mass is 9.98. The van der Waals surface area contributed by atoms with Gasteiger partial charge in [-0.05, 0) is 51.8 Å². The van der Waals surface area contributed by atoms with Crippen LogP contribution < -0.4 is 10.6 Å². The number of hydrogen-bond acceptors (Lipinski definition) is 3. The summed E-state index contributed by atoms with van der Waals surface area (Å²) in [6.07, 6.45) is 8.93. The summed E-state index contributed by atoms with van der Waals surface area (Å²) in [5, 5.41) is 11.1. The van der Waals surface area contributed by atoms with Gasteiger partial charge in [-0.1, -0.05) is 6.42 Å². The third-order valence-electron chi connectivity index (χ3n) is 4.59. The molecular formula is C17H33IN6. The average Bonchev–Trinajstić information content (AvgIpc) is 2.97. The predicted octanol–water partition coefficient (Wildman–Crippen LogP) is 2.01. The predicted molar refractivity (Wildman–Crippen MR) is 111 cm³/mol. The monoisotopic (exact) mass is 448 g/mol. The smallest absolute Gasteiger partial charge is 0.191 e. The van der Waals surface area contributed by atoms with E-state index < -0.39 is 0 Å². The van der Waals surface area contributed by atoms with E-state index >= 15 is 0 Å². The van der Waals surface area contributed by atoms with Crippen LogP contribution in [-0.4, -0.2) is 59.4 Å². The Kier molecular flexibility index (Phi) is 9.04. The van der Waals surface area contributed by atoms with E-state index in [9.17, 15) is 0 Å². The summed E-state index contributed by atoms with van der Waals surface area (Å²) in [6, 6.07) is 0. The molecule has 1 aliphatic heterocycles. The normalized spacial score (nSPS) is 16.6. The zero-order valence-corrected chi connectivity index (χ0v) is 17.8. The van der Waals surface area contributed by atoms with E-state index in [0.29, 0.717) is 0 Å². The Morgan fingerprint density at radius 2 is 1.96 bits per heavy atom. The molecule has 0 atom stereocenters. The van der Waals surface area contributed by atoms with Crippen LogP contribution in [0, 0.1) is 0 Å². The van der Waals surface area contributed by atoms with Crippen LogP contribution in [0.2, 0.25) is 0 Å². The van der Waals surface area contributed by atoms with Gasteiger partial charge >= 0.3 is 0 Å². The van der Waals surface area contributed by atoms with Crippen molar-refractivity contribution in [1.82, 2.24) is 25.3 Å². The number of nitrogens with one attached hydrogen (secondary N) is 2. The van der Waals surface area contributed by atoms with Gasteiger partial charge in [0, 0.05) is 38.9 Å². The maximum absolute atomic E-state index is 4.33. The van der Waals surface area contributed by atoms with Crippen LogP contribution in [-0.2, 0) is 13.5 Å². The highest BCUT2D eigenvalue weighted by Crippen LogP contribution is 2.19. The molecule has 138 valence electrons. The van der Waals surface area contributed by atoms with Crippen LogP contribution in [0.5, 0.6) is 0 Å². The third-order valence-corrected chi connectivity index (χ3v) is 4.59. The Morgan fingerprint density at radius 3 is 2.54 bits per heavy atom. The van der Waals surface area contributed by atoms with Gasteiger partial charge in [0.1, 0.15) is 0 Å². The van der Waals surface area contributed by atoms with Crippen molar-refractivity contribution >= 4 is 29.9 Å². The van der Waals surface area contributed by atoms with Gasteiger partial charge in [0.15, 0.2) is 5.96 Å². The number of hydrogen-bond donors (Lipinski definition) is 2. The summed E-state index contributed by atoms with van der Waals surface area (Å²) in [4.78, 5) is 6.92. The third kappa shape index (κ3) is 6.58. The van der Waals surface area contributed by atoms with Gasteiger partial charge in [-0.3, -0.25) is 14.6 Å². The van der Waals surface area contributed by atoms with Crippen LogP contribution in [0.4, 0.5) is 0 Å². The van der Waals surface area contributed by atoms with Crippen molar-refractivity contribution in [2.75, 3.05) is 33.2 Å². The van der Waals surface area contributed by atoms with E-state index in [1.807, 2.05) is 25.0 Å². The first-order valence-corrected chi connectivity index (χ1v) is 8.68. The van der Waals surface area contributed by atoms with Crippen LogP contribution in [0.3, 0.4) is 0 Å². The van der Waals surface area contributed by atoms with Crippen molar-refractivity contribution in [2.45, 2.75) is 45.1 Å². The van der Waals surface area contributed by atoms with E-state index in [4.69, 9.17) is 0 Å². The first kappa shape index (κ1) is 21.2. The van der Waals surface area contributed by atoms with Crippen LogP contribution >= 0.6 is 24.0 Å². The molecule has 6 nitrogen and oxygen atoms in total. The van der Waals surface area contributed by atoms with E-state index in [0.717, 1.165) is 25.5 Å². The first-order chi connectivity index (χ1) is 11.0. The van der Waals surface area contributed by atoms with Crippen molar-refractivity contribution in [2.24, 2.45) is 12.0 Å². The summed E-state index contributed by atoms with van der Waals surface area (Å²) < 4.78 is 1.84. The van der Waals surface area contributed by atoms with Gasteiger partial charge in [-0.2, -0.15) is 5.10 Å². The van der Waals surface area contributed by atoms with Crippen LogP contribution in [0.1, 0.15) is 38.7 Å². The fourth-order valence-corrected chi connectivity index (χ4v) is 3.06. The van der Waals surface area contributed by atoms with Crippen molar-refractivity contribution in [1.29, 1.82) is 0 Å². The van der Waals surface area contributed by atoms with Gasteiger partial charge in [-0.25, -0.2) is 0 Å². The Hall–Kier alpha value is -0.830. The lowest BCUT2D eigenvalue weighted by Gasteiger charge is -2.41. The fraction of sp³-hybridized carbons (Fsp3) is 0.765. The van der Waals surface area contributed by atoms with Gasteiger partial charge in [0.05, 0.1) is 6.20 Å². The molecule has 1 aromatic heterocycles. The Bertz CT molecular complexity index is 505. The lowest BCUT2D eigenvalue weighted by molar-refractivity contribution is 0.0982. The second-order valence-electron chi connectivity index (χ2n) is 6.98. The minimum absolute atomic E-state index is 0. The number of piperidine rings is 1. The Morgan fingerprint density at radius 1 is 1.25 bits per heavy atom. The van der Waals surface area contributed by atoms with Gasteiger partial charge < -0.3 is 10.6 Å². The second kappa shape index (κ2) is 10.2. The quantitative estimate of drug-likeness (QED) is 0.397. The molecule has 0 amide bonds. The molecule has 0 unspecified atom stereocenters. The standard InChI is InChI=1S/C17H32N6.HI/c1-17(2,23-10-6-5-7-11-23)14-20-16(18-3)19-9-8-15-12-21-22(4)13-15;/h12-13H,5-11,14H2,1-4H3,(H2,18,19,20);1H. The van der Waals surface area contributed by atoms with Gasteiger partial charge in [0.25, 0.3) is 0 Å². The fourth-order valence-electron chi connectivity index (χ4n) is 3.06. The van der Waals surface area contributed by atoms with E-state index in [-0.39, 0.29) is 29.5 Å². The molecule has 1 saturated heterocycles. The molecule has 0 spiro atoms. The van der Waals surface area contributed by atoms with Crippen molar-refractivity contribution in [3.05, 3.63) is 18.0 Å². The molecule has 1 fully saturated rings. The molecule has 0 aliphatic carbocycles. The maximum Gasteiger partial charge on any atom is 0.191 e. The zero-order valence-electron chi connectivity index (χ0n) is 15.5. The number of aryl methyl sites for hydroxylation is 1. The summed E-state index contributed by atoms with van der Waals surface area (Å²) in [6.45, 7) is 8.81. The zero-order chi connectivity index (χ0) is 16.7. The van der Waals surface area contributed by atoms with Crippen molar-refractivity contribution < 1.29 is 0 Å². The SMILES string of the molecule is CN=C(NCCc1cnn(C)c1)NCC(C)(C)N1CCCCC1.I. The molecule has 0 bridgehead atoms. The highest BCUT2D eigenvalue weighted by Gasteiger charge is 2.27. The number of halogens is 1. The van der Waals surface area contributed by atoms with Crippen molar-refractivity contribution in [3.8, 4) is 0 Å². The highest BCUT2D eigenvalue weighted by molar-refractivity contribution is 14.0. The van der Waals surface area contributed by atoms with E-state index in [1.165, 1.54) is 37.9 Å². The largest absolute Gasteiger partial charge is 0.356 e. The number of nitrogens with zero attached hydrogens (tertiary/aromatic N) is 4. The summed E-state index contributed by atoms with van der Waals surface area (Å²) in [7, 11) is 3.77. The minimum atomic E-state index is 0. The minimum Gasteiger partial charge on any atom is -0.356 e. The first-order valence-electron chi connectivity index (χ1n) is 8.68. The molecule has 1 aromatic rings. The molecular weight excluding hydrogens is 415 g/mol. The molecule has 2 N–H and O–H groups in total. The van der Waals surface area contributed by atoms with Crippen LogP contribution in [0.25, 0.3) is 0 Å². The molecule has 7 heteroatoms. The Balaban J connectivity index is 0.00000288. The van der Waals surface area contributed by atoms with E-state index in [2.05, 4.69) is 45.7 Å². The maximum atomic E-state index is 4.33. The highest BCUT2D eigenvalue weighted by atomic mass is 127. The van der Waals surface area contributed by atoms with Crippen molar-refractivity contribution in [3.63, 3.8) is 0 Å². The number of likely N-dealkylation sites (tertiary alicyclic amines) is 1. The molecule has 0 aromatic carbocycles. The number of aromatic nitrogens is 2. The topological polar surface area (TPSA) is 57.5 Å². The van der Waals surface area contributed by atoms with Gasteiger partial charge in [-0.15, -0.1) is 24.0 Å². The number of rotatable bonds is 6. The molecule has 24 heavy (non-hydrogen) atoms.